The standard InChI is InChI=1S/C28H20/c1-3-10-21(11-4-1)24-18-19-26(22-12-5-2-6-13-22)28(20-24)27-17-9-15-23-14-7-8-16-25(23)27/h1-20H. The molecule has 0 aliphatic carbocycles. The summed E-state index contributed by atoms with van der Waals surface area (Å²) < 4.78 is 0. The Balaban J connectivity index is 1.80. The Labute approximate surface area is 165 Å². The third kappa shape index (κ3) is 3.00. The van der Waals surface area contributed by atoms with Gasteiger partial charge < -0.3 is 0 Å². The predicted octanol–water partition coefficient (Wildman–Crippen LogP) is 7.84. The summed E-state index contributed by atoms with van der Waals surface area (Å²) in [5, 5.41) is 2.55. The maximum Gasteiger partial charge on any atom is -0.00930 e. The number of fused-ring (bicyclic) bond motifs is 1. The van der Waals surface area contributed by atoms with Gasteiger partial charge in [0.1, 0.15) is 0 Å². The zero-order valence-electron chi connectivity index (χ0n) is 15.5. The highest BCUT2D eigenvalue weighted by molar-refractivity contribution is 6.01. The van der Waals surface area contributed by atoms with Crippen LogP contribution in [0.5, 0.6) is 0 Å². The summed E-state index contributed by atoms with van der Waals surface area (Å²) >= 11 is 0. The van der Waals surface area contributed by atoms with Gasteiger partial charge in [0.2, 0.25) is 0 Å². The van der Waals surface area contributed by atoms with Crippen LogP contribution in [0.1, 0.15) is 0 Å². The van der Waals surface area contributed by atoms with Crippen molar-refractivity contribution in [2.45, 2.75) is 0 Å². The van der Waals surface area contributed by atoms with Gasteiger partial charge in [-0.25, -0.2) is 0 Å². The number of hydrogen-bond acceptors (Lipinski definition) is 0. The first-order valence-corrected chi connectivity index (χ1v) is 9.63. The van der Waals surface area contributed by atoms with E-state index in [4.69, 9.17) is 0 Å². The highest BCUT2D eigenvalue weighted by Crippen LogP contribution is 2.38. The number of hydrogen-bond donors (Lipinski definition) is 0. The third-order valence-electron chi connectivity index (χ3n) is 5.29. The highest BCUT2D eigenvalue weighted by atomic mass is 14.2. The average Bonchev–Trinajstić information content (AvgIpc) is 2.79. The van der Waals surface area contributed by atoms with Gasteiger partial charge in [-0.2, -0.15) is 0 Å². The molecular weight excluding hydrogens is 336 g/mol. The first-order chi connectivity index (χ1) is 13.9. The van der Waals surface area contributed by atoms with E-state index in [9.17, 15) is 0 Å². The van der Waals surface area contributed by atoms with E-state index in [1.165, 1.54) is 44.2 Å². The van der Waals surface area contributed by atoms with E-state index in [-0.39, 0.29) is 0 Å². The van der Waals surface area contributed by atoms with Crippen LogP contribution in [0.4, 0.5) is 0 Å². The Kier molecular flexibility index (Phi) is 4.23. The van der Waals surface area contributed by atoms with Crippen molar-refractivity contribution in [1.29, 1.82) is 0 Å². The summed E-state index contributed by atoms with van der Waals surface area (Å²) in [6, 6.07) is 43.3. The molecule has 0 saturated heterocycles. The van der Waals surface area contributed by atoms with Gasteiger partial charge in [0, 0.05) is 0 Å². The van der Waals surface area contributed by atoms with Crippen LogP contribution >= 0.6 is 0 Å². The Bertz CT molecular complexity index is 1230. The molecule has 0 saturated carbocycles. The van der Waals surface area contributed by atoms with Crippen LogP contribution in [0.2, 0.25) is 0 Å². The molecule has 0 heteroatoms. The summed E-state index contributed by atoms with van der Waals surface area (Å²) in [7, 11) is 0. The SMILES string of the molecule is c1ccc(-c2ccc(-c3ccccc3)c(-c3cccc4ccccc34)c2)cc1. The zero-order chi connectivity index (χ0) is 18.8. The van der Waals surface area contributed by atoms with E-state index in [1.807, 2.05) is 0 Å². The minimum atomic E-state index is 1.24. The molecule has 0 bridgehead atoms. The van der Waals surface area contributed by atoms with E-state index in [0.29, 0.717) is 0 Å². The van der Waals surface area contributed by atoms with E-state index in [2.05, 4.69) is 121 Å². The monoisotopic (exact) mass is 356 g/mol. The molecule has 0 spiro atoms. The molecule has 0 aliphatic heterocycles. The van der Waals surface area contributed by atoms with Crippen LogP contribution in [-0.2, 0) is 0 Å². The summed E-state index contributed by atoms with van der Waals surface area (Å²) in [4.78, 5) is 0. The molecule has 5 aromatic carbocycles. The van der Waals surface area contributed by atoms with Crippen LogP contribution < -0.4 is 0 Å². The maximum absolute atomic E-state index is 2.33. The summed E-state index contributed by atoms with van der Waals surface area (Å²) in [5.74, 6) is 0. The quantitative estimate of drug-likeness (QED) is 0.309. The summed E-state index contributed by atoms with van der Waals surface area (Å²) in [6.45, 7) is 0. The largest absolute Gasteiger partial charge is 0.0622 e. The lowest BCUT2D eigenvalue weighted by atomic mass is 9.89. The van der Waals surface area contributed by atoms with Crippen LogP contribution in [-0.4, -0.2) is 0 Å². The zero-order valence-corrected chi connectivity index (χ0v) is 15.5. The fourth-order valence-electron chi connectivity index (χ4n) is 3.91. The van der Waals surface area contributed by atoms with Gasteiger partial charge in [0.15, 0.2) is 0 Å². The second-order valence-electron chi connectivity index (χ2n) is 7.02. The minimum absolute atomic E-state index is 1.24. The van der Waals surface area contributed by atoms with Crippen LogP contribution in [0.25, 0.3) is 44.2 Å². The minimum Gasteiger partial charge on any atom is -0.0622 e. The van der Waals surface area contributed by atoms with Crippen LogP contribution in [0.15, 0.2) is 121 Å². The van der Waals surface area contributed by atoms with Crippen molar-refractivity contribution in [3.05, 3.63) is 121 Å². The molecule has 0 radical (unpaired) electrons. The van der Waals surface area contributed by atoms with Gasteiger partial charge in [-0.1, -0.05) is 115 Å². The smallest absolute Gasteiger partial charge is 0.00930 e. The summed E-state index contributed by atoms with van der Waals surface area (Å²) in [6.07, 6.45) is 0. The molecular formula is C28H20. The van der Waals surface area contributed by atoms with Gasteiger partial charge in [0.05, 0.1) is 0 Å². The van der Waals surface area contributed by atoms with Gasteiger partial charge in [-0.05, 0) is 50.2 Å². The van der Waals surface area contributed by atoms with E-state index >= 15 is 0 Å². The van der Waals surface area contributed by atoms with Gasteiger partial charge in [-0.15, -0.1) is 0 Å². The molecule has 0 N–H and O–H groups in total. The normalized spacial score (nSPS) is 10.9. The highest BCUT2D eigenvalue weighted by Gasteiger charge is 2.12. The van der Waals surface area contributed by atoms with Crippen molar-refractivity contribution in [2.75, 3.05) is 0 Å². The molecule has 0 heterocycles. The lowest BCUT2D eigenvalue weighted by molar-refractivity contribution is 1.57. The molecule has 0 nitrogen and oxygen atoms in total. The van der Waals surface area contributed by atoms with Crippen molar-refractivity contribution in [2.24, 2.45) is 0 Å². The van der Waals surface area contributed by atoms with Gasteiger partial charge in [0.25, 0.3) is 0 Å². The Morgan fingerprint density at radius 2 is 0.964 bits per heavy atom. The molecule has 132 valence electrons. The molecule has 5 aromatic rings. The molecule has 0 amide bonds. The van der Waals surface area contributed by atoms with Crippen molar-refractivity contribution in [3.8, 4) is 33.4 Å². The number of benzene rings is 5. The van der Waals surface area contributed by atoms with Crippen LogP contribution in [0, 0.1) is 0 Å². The van der Waals surface area contributed by atoms with Crippen molar-refractivity contribution in [1.82, 2.24) is 0 Å². The Hall–Kier alpha value is -3.64. The molecule has 5 rings (SSSR count). The van der Waals surface area contributed by atoms with E-state index in [0.717, 1.165) is 0 Å². The van der Waals surface area contributed by atoms with Crippen molar-refractivity contribution < 1.29 is 0 Å². The topological polar surface area (TPSA) is 0 Å². The van der Waals surface area contributed by atoms with Gasteiger partial charge >= 0.3 is 0 Å². The molecule has 0 aromatic heterocycles. The Morgan fingerprint density at radius 1 is 0.321 bits per heavy atom. The molecule has 0 fully saturated rings. The van der Waals surface area contributed by atoms with E-state index in [1.54, 1.807) is 0 Å². The number of rotatable bonds is 3. The van der Waals surface area contributed by atoms with Crippen molar-refractivity contribution >= 4 is 10.8 Å². The third-order valence-corrected chi connectivity index (χ3v) is 5.29. The van der Waals surface area contributed by atoms with Crippen molar-refractivity contribution in [3.63, 3.8) is 0 Å². The first-order valence-electron chi connectivity index (χ1n) is 9.63. The van der Waals surface area contributed by atoms with E-state index < -0.39 is 0 Å². The lowest BCUT2D eigenvalue weighted by Crippen LogP contribution is -1.89. The molecule has 28 heavy (non-hydrogen) atoms. The lowest BCUT2D eigenvalue weighted by Gasteiger charge is -2.15. The molecule has 0 aliphatic rings. The second-order valence-corrected chi connectivity index (χ2v) is 7.02. The summed E-state index contributed by atoms with van der Waals surface area (Å²) in [5.41, 5.74) is 7.52. The first kappa shape index (κ1) is 16.5. The second kappa shape index (κ2) is 7.17. The molecule has 0 unspecified atom stereocenters. The van der Waals surface area contributed by atoms with Gasteiger partial charge in [-0.3, -0.25) is 0 Å². The molecule has 0 atom stereocenters. The average molecular weight is 356 g/mol. The van der Waals surface area contributed by atoms with Crippen LogP contribution in [0.3, 0.4) is 0 Å². The predicted molar refractivity (Wildman–Crippen MR) is 120 cm³/mol. The fourth-order valence-corrected chi connectivity index (χ4v) is 3.91. The Morgan fingerprint density at radius 3 is 1.75 bits per heavy atom. The maximum atomic E-state index is 2.33. The fraction of sp³-hybridized carbons (Fsp3) is 0.